The summed E-state index contributed by atoms with van der Waals surface area (Å²) in [5, 5.41) is 0.805. The van der Waals surface area contributed by atoms with Gasteiger partial charge in [0, 0.05) is 22.1 Å². The molecule has 43 heavy (non-hydrogen) atoms. The van der Waals surface area contributed by atoms with Gasteiger partial charge in [-0.05, 0) is 55.1 Å². The number of carbonyl (C=O) groups excluding carboxylic acids is 1. The number of esters is 1. The standard InChI is InChI=1S/C33H24Cl2N2O4S2/c1-3-40-32(39)27-29(19-8-5-4-6-9-19)36-33-37(30(27)20-12-15-22(42-2)16-13-20)31(38)26(43-33)18-21-14-17-25(41-21)23-10-7-11-24(34)28(23)35/h4-18,30H,3H2,1-2H3/b26-18-/t30-/m1/s1. The van der Waals surface area contributed by atoms with E-state index in [1.165, 1.54) is 11.3 Å². The number of furan rings is 1. The van der Waals surface area contributed by atoms with Crippen LogP contribution in [0.3, 0.4) is 0 Å². The van der Waals surface area contributed by atoms with E-state index in [2.05, 4.69) is 0 Å². The lowest BCUT2D eigenvalue weighted by atomic mass is 9.93. The van der Waals surface area contributed by atoms with E-state index in [-0.39, 0.29) is 12.2 Å². The van der Waals surface area contributed by atoms with Crippen molar-refractivity contribution in [3.63, 3.8) is 0 Å². The van der Waals surface area contributed by atoms with Crippen LogP contribution in [0, 0.1) is 0 Å². The van der Waals surface area contributed by atoms with Crippen LogP contribution in [-0.2, 0) is 9.53 Å². The summed E-state index contributed by atoms with van der Waals surface area (Å²) in [5.74, 6) is 0.465. The molecule has 5 aromatic rings. The summed E-state index contributed by atoms with van der Waals surface area (Å²) in [6.45, 7) is 1.94. The average molecular weight is 648 g/mol. The van der Waals surface area contributed by atoms with Crippen LogP contribution in [0.25, 0.3) is 23.1 Å². The maximum atomic E-state index is 14.1. The molecule has 1 aliphatic heterocycles. The third kappa shape index (κ3) is 5.63. The lowest BCUT2D eigenvalue weighted by Crippen LogP contribution is -2.40. The summed E-state index contributed by atoms with van der Waals surface area (Å²) in [6.07, 6.45) is 3.67. The van der Waals surface area contributed by atoms with Crippen LogP contribution in [0.5, 0.6) is 0 Å². The summed E-state index contributed by atoms with van der Waals surface area (Å²) >= 11 is 15.4. The summed E-state index contributed by atoms with van der Waals surface area (Å²) in [5.41, 5.74) is 2.66. The number of thioether (sulfide) groups is 1. The lowest BCUT2D eigenvalue weighted by Gasteiger charge is -2.26. The van der Waals surface area contributed by atoms with Crippen molar-refractivity contribution in [1.82, 2.24) is 4.57 Å². The molecule has 6 rings (SSSR count). The quantitative estimate of drug-likeness (QED) is 0.138. The van der Waals surface area contributed by atoms with E-state index in [1.54, 1.807) is 53.6 Å². The summed E-state index contributed by atoms with van der Waals surface area (Å²) in [7, 11) is 0. The van der Waals surface area contributed by atoms with Gasteiger partial charge in [-0.2, -0.15) is 0 Å². The summed E-state index contributed by atoms with van der Waals surface area (Å²) < 4.78 is 13.6. The Labute approximate surface area is 265 Å². The molecule has 0 unspecified atom stereocenters. The molecule has 3 heterocycles. The molecule has 0 saturated heterocycles. The zero-order valence-corrected chi connectivity index (χ0v) is 26.2. The number of aromatic nitrogens is 1. The van der Waals surface area contributed by atoms with Crippen molar-refractivity contribution >= 4 is 64.0 Å². The van der Waals surface area contributed by atoms with Crippen molar-refractivity contribution in [1.29, 1.82) is 0 Å². The molecule has 0 aliphatic carbocycles. The number of benzene rings is 3. The number of halogens is 2. The highest BCUT2D eigenvalue weighted by molar-refractivity contribution is 7.98. The van der Waals surface area contributed by atoms with E-state index in [9.17, 15) is 9.59 Å². The number of hydrogen-bond donors (Lipinski definition) is 0. The highest BCUT2D eigenvalue weighted by Gasteiger charge is 2.35. The highest BCUT2D eigenvalue weighted by atomic mass is 35.5. The van der Waals surface area contributed by atoms with Gasteiger partial charge in [0.25, 0.3) is 5.56 Å². The third-order valence-corrected chi connectivity index (χ3v) is 9.47. The molecule has 0 N–H and O–H groups in total. The predicted molar refractivity (Wildman–Crippen MR) is 173 cm³/mol. The topological polar surface area (TPSA) is 73.8 Å². The molecule has 6 nitrogen and oxygen atoms in total. The number of thiazole rings is 1. The molecule has 3 aromatic carbocycles. The molecule has 216 valence electrons. The van der Waals surface area contributed by atoms with Gasteiger partial charge >= 0.3 is 5.97 Å². The Hall–Kier alpha value is -3.82. The lowest BCUT2D eigenvalue weighted by molar-refractivity contribution is -0.138. The van der Waals surface area contributed by atoms with Gasteiger partial charge in [0.2, 0.25) is 0 Å². The number of ether oxygens (including phenoxy) is 1. The van der Waals surface area contributed by atoms with Gasteiger partial charge in [-0.3, -0.25) is 9.36 Å². The molecule has 0 radical (unpaired) electrons. The maximum Gasteiger partial charge on any atom is 0.338 e. The van der Waals surface area contributed by atoms with Crippen LogP contribution in [0.15, 0.2) is 110 Å². The molecule has 1 atom stereocenters. The van der Waals surface area contributed by atoms with E-state index >= 15 is 0 Å². The Morgan fingerprint density at radius 2 is 1.81 bits per heavy atom. The van der Waals surface area contributed by atoms with Crippen LogP contribution >= 0.6 is 46.3 Å². The fraction of sp³-hybridized carbons (Fsp3) is 0.121. The smallest absolute Gasteiger partial charge is 0.338 e. The van der Waals surface area contributed by atoms with Crippen LogP contribution < -0.4 is 14.9 Å². The summed E-state index contributed by atoms with van der Waals surface area (Å²) in [4.78, 5) is 34.1. The first kappa shape index (κ1) is 29.3. The molecule has 1 aliphatic rings. The molecular weight excluding hydrogens is 623 g/mol. The molecular formula is C33H24Cl2N2O4S2. The Morgan fingerprint density at radius 3 is 2.53 bits per heavy atom. The molecule has 10 heteroatoms. The van der Waals surface area contributed by atoms with Crippen molar-refractivity contribution in [2.75, 3.05) is 12.9 Å². The second kappa shape index (κ2) is 12.4. The second-order valence-electron chi connectivity index (χ2n) is 9.51. The van der Waals surface area contributed by atoms with Crippen LogP contribution in [0.1, 0.15) is 29.9 Å². The van der Waals surface area contributed by atoms with Gasteiger partial charge in [-0.15, -0.1) is 11.8 Å². The Balaban J connectivity index is 1.56. The minimum Gasteiger partial charge on any atom is -0.463 e. The normalized spacial score (nSPS) is 14.9. The first-order valence-corrected chi connectivity index (χ1v) is 16.2. The fourth-order valence-electron chi connectivity index (χ4n) is 4.94. The Bertz CT molecular complexity index is 2040. The largest absolute Gasteiger partial charge is 0.463 e. The Kier molecular flexibility index (Phi) is 8.45. The van der Waals surface area contributed by atoms with Crippen molar-refractivity contribution < 1.29 is 13.9 Å². The van der Waals surface area contributed by atoms with Crippen molar-refractivity contribution in [2.24, 2.45) is 4.99 Å². The van der Waals surface area contributed by atoms with Gasteiger partial charge in [0.05, 0.1) is 38.5 Å². The second-order valence-corrected chi connectivity index (χ2v) is 12.2. The Morgan fingerprint density at radius 1 is 1.05 bits per heavy atom. The van der Waals surface area contributed by atoms with E-state index < -0.39 is 12.0 Å². The third-order valence-electron chi connectivity index (χ3n) is 6.92. The van der Waals surface area contributed by atoms with Crippen LogP contribution in [-0.4, -0.2) is 23.4 Å². The molecule has 0 bridgehead atoms. The van der Waals surface area contributed by atoms with Crippen LogP contribution in [0.4, 0.5) is 0 Å². The first-order chi connectivity index (χ1) is 20.9. The zero-order valence-electron chi connectivity index (χ0n) is 23.0. The van der Waals surface area contributed by atoms with Crippen molar-refractivity contribution in [3.05, 3.63) is 137 Å². The predicted octanol–water partition coefficient (Wildman–Crippen LogP) is 7.22. The van der Waals surface area contributed by atoms with E-state index in [0.717, 1.165) is 16.0 Å². The molecule has 0 spiro atoms. The minimum atomic E-state index is -0.749. The zero-order chi connectivity index (χ0) is 30.1. The van der Waals surface area contributed by atoms with E-state index in [4.69, 9.17) is 37.3 Å². The van der Waals surface area contributed by atoms with Gasteiger partial charge in [-0.1, -0.05) is 83.1 Å². The van der Waals surface area contributed by atoms with Crippen LogP contribution in [0.2, 0.25) is 10.0 Å². The minimum absolute atomic E-state index is 0.185. The molecule has 0 fully saturated rings. The molecule has 0 saturated carbocycles. The van der Waals surface area contributed by atoms with Crippen molar-refractivity contribution in [3.8, 4) is 11.3 Å². The molecule has 2 aromatic heterocycles. The molecule has 0 amide bonds. The number of nitrogens with zero attached hydrogens (tertiary/aromatic N) is 2. The van der Waals surface area contributed by atoms with Gasteiger partial charge in [0.1, 0.15) is 11.5 Å². The highest BCUT2D eigenvalue weighted by Crippen LogP contribution is 2.36. The fourth-order valence-corrected chi connectivity index (χ4v) is 6.72. The SMILES string of the molecule is CCOC(=O)C1=C(c2ccccc2)N=c2s/c(=C\c3ccc(-c4cccc(Cl)c4Cl)o3)c(=O)n2[C@@H]1c1ccc(SC)cc1. The van der Waals surface area contributed by atoms with Gasteiger partial charge in [-0.25, -0.2) is 9.79 Å². The number of carbonyl (C=O) groups is 1. The average Bonchev–Trinajstić information content (AvgIpc) is 3.62. The number of hydrogen-bond acceptors (Lipinski definition) is 7. The monoisotopic (exact) mass is 646 g/mol. The summed E-state index contributed by atoms with van der Waals surface area (Å²) in [6, 6.07) is 25.4. The van der Waals surface area contributed by atoms with E-state index in [0.29, 0.717) is 47.7 Å². The van der Waals surface area contributed by atoms with Gasteiger partial charge in [0.15, 0.2) is 4.80 Å². The number of fused-ring (bicyclic) bond motifs is 1. The van der Waals surface area contributed by atoms with Gasteiger partial charge < -0.3 is 9.15 Å². The first-order valence-electron chi connectivity index (χ1n) is 13.4. The number of rotatable bonds is 7. The van der Waals surface area contributed by atoms with E-state index in [1.807, 2.05) is 66.9 Å². The van der Waals surface area contributed by atoms with Crippen molar-refractivity contribution in [2.45, 2.75) is 17.9 Å². The maximum absolute atomic E-state index is 14.1.